The van der Waals surface area contributed by atoms with Crippen LogP contribution in [0.2, 0.25) is 5.02 Å². The largest absolute Gasteiger partial charge is 0.336 e. The fraction of sp³-hybridized carbons (Fsp3) is 0.381. The van der Waals surface area contributed by atoms with Crippen molar-refractivity contribution in [1.82, 2.24) is 20.7 Å². The Bertz CT molecular complexity index is 785. The summed E-state index contributed by atoms with van der Waals surface area (Å²) in [5.74, 6) is 0.131. The summed E-state index contributed by atoms with van der Waals surface area (Å²) in [7, 11) is 0. The van der Waals surface area contributed by atoms with Gasteiger partial charge in [-0.25, -0.2) is 10.9 Å². The second-order valence-corrected chi connectivity index (χ2v) is 7.77. The quantitative estimate of drug-likeness (QED) is 0.854. The molecule has 0 saturated carbocycles. The average Bonchev–Trinajstić information content (AvgIpc) is 3.19. The lowest BCUT2D eigenvalue weighted by Gasteiger charge is -2.37. The van der Waals surface area contributed by atoms with Crippen molar-refractivity contribution in [3.05, 3.63) is 70.2 Å². The minimum Gasteiger partial charge on any atom is -0.336 e. The van der Waals surface area contributed by atoms with E-state index in [1.54, 1.807) is 0 Å². The number of halogens is 1. The first-order chi connectivity index (χ1) is 13.1. The van der Waals surface area contributed by atoms with Crippen LogP contribution in [0, 0.1) is 6.92 Å². The van der Waals surface area contributed by atoms with E-state index >= 15 is 0 Å². The summed E-state index contributed by atoms with van der Waals surface area (Å²) in [6, 6.07) is 16.1. The van der Waals surface area contributed by atoms with Crippen molar-refractivity contribution in [2.45, 2.75) is 25.6 Å². The van der Waals surface area contributed by atoms with Gasteiger partial charge in [0.2, 0.25) is 0 Å². The zero-order valence-electron chi connectivity index (χ0n) is 15.5. The molecule has 2 saturated heterocycles. The number of rotatable bonds is 3. The van der Waals surface area contributed by atoms with Gasteiger partial charge in [0.1, 0.15) is 0 Å². The SMILES string of the molecule is Cc1ccc(C(=O)N2CCN(C3CC(c4ccc(Cl)cc4)NN3)CC2)cc1. The third-order valence-electron chi connectivity index (χ3n) is 5.50. The molecule has 4 rings (SSSR count). The number of amides is 1. The van der Waals surface area contributed by atoms with E-state index < -0.39 is 0 Å². The normalized spacial score (nSPS) is 23.6. The Morgan fingerprint density at radius 3 is 2.30 bits per heavy atom. The van der Waals surface area contributed by atoms with Crippen LogP contribution < -0.4 is 10.9 Å². The van der Waals surface area contributed by atoms with Gasteiger partial charge in [-0.2, -0.15) is 0 Å². The highest BCUT2D eigenvalue weighted by atomic mass is 35.5. The molecule has 0 aliphatic carbocycles. The number of piperazine rings is 1. The molecule has 2 aromatic rings. The summed E-state index contributed by atoms with van der Waals surface area (Å²) in [6.07, 6.45) is 1.27. The lowest BCUT2D eigenvalue weighted by Crippen LogP contribution is -2.55. The van der Waals surface area contributed by atoms with Gasteiger partial charge in [-0.05, 0) is 43.2 Å². The van der Waals surface area contributed by atoms with Gasteiger partial charge < -0.3 is 4.90 Å². The maximum absolute atomic E-state index is 12.7. The molecule has 2 aliphatic heterocycles. The maximum atomic E-state index is 12.7. The van der Waals surface area contributed by atoms with Crippen LogP contribution in [0.25, 0.3) is 0 Å². The van der Waals surface area contributed by atoms with Gasteiger partial charge in [-0.15, -0.1) is 0 Å². The average molecular weight is 385 g/mol. The van der Waals surface area contributed by atoms with Crippen molar-refractivity contribution in [2.24, 2.45) is 0 Å². The predicted molar refractivity (Wildman–Crippen MR) is 108 cm³/mol. The Labute approximate surface area is 165 Å². The highest BCUT2D eigenvalue weighted by Gasteiger charge is 2.32. The monoisotopic (exact) mass is 384 g/mol. The number of carbonyl (C=O) groups is 1. The Morgan fingerprint density at radius 1 is 0.963 bits per heavy atom. The van der Waals surface area contributed by atoms with Crippen molar-refractivity contribution in [3.8, 4) is 0 Å². The molecule has 2 aromatic carbocycles. The van der Waals surface area contributed by atoms with Gasteiger partial charge in [-0.3, -0.25) is 9.69 Å². The van der Waals surface area contributed by atoms with Crippen LogP contribution in [0.5, 0.6) is 0 Å². The Balaban J connectivity index is 1.31. The number of nitrogens with zero attached hydrogens (tertiary/aromatic N) is 2. The molecular formula is C21H25ClN4O. The molecule has 0 radical (unpaired) electrons. The zero-order chi connectivity index (χ0) is 18.8. The molecule has 0 spiro atoms. The fourth-order valence-electron chi connectivity index (χ4n) is 3.81. The minimum atomic E-state index is 0.131. The first-order valence-corrected chi connectivity index (χ1v) is 9.84. The third kappa shape index (κ3) is 4.17. The molecule has 0 bridgehead atoms. The summed E-state index contributed by atoms with van der Waals surface area (Å²) >= 11 is 5.98. The van der Waals surface area contributed by atoms with Gasteiger partial charge in [0.05, 0.1) is 6.17 Å². The number of aryl methyl sites for hydroxylation is 1. The zero-order valence-corrected chi connectivity index (χ0v) is 16.2. The molecule has 2 heterocycles. The van der Waals surface area contributed by atoms with Crippen LogP contribution in [0.1, 0.15) is 33.9 Å². The van der Waals surface area contributed by atoms with Crippen molar-refractivity contribution < 1.29 is 4.79 Å². The highest BCUT2D eigenvalue weighted by molar-refractivity contribution is 6.30. The van der Waals surface area contributed by atoms with Crippen LogP contribution in [-0.2, 0) is 0 Å². The summed E-state index contributed by atoms with van der Waals surface area (Å²) in [6.45, 7) is 5.31. The molecule has 2 fully saturated rings. The molecule has 142 valence electrons. The summed E-state index contributed by atoms with van der Waals surface area (Å²) < 4.78 is 0. The molecular weight excluding hydrogens is 360 g/mol. The van der Waals surface area contributed by atoms with Gasteiger partial charge in [0.25, 0.3) is 5.91 Å². The molecule has 0 aromatic heterocycles. The van der Waals surface area contributed by atoms with Crippen LogP contribution in [0.15, 0.2) is 48.5 Å². The van der Waals surface area contributed by atoms with E-state index in [2.05, 4.69) is 27.9 Å². The van der Waals surface area contributed by atoms with Gasteiger partial charge in [0.15, 0.2) is 0 Å². The van der Waals surface area contributed by atoms with Crippen LogP contribution in [0.3, 0.4) is 0 Å². The number of hydrogen-bond acceptors (Lipinski definition) is 4. The van der Waals surface area contributed by atoms with E-state index in [4.69, 9.17) is 11.6 Å². The lowest BCUT2D eigenvalue weighted by molar-refractivity contribution is 0.0545. The summed E-state index contributed by atoms with van der Waals surface area (Å²) in [5.41, 5.74) is 9.99. The number of hydrazine groups is 1. The van der Waals surface area contributed by atoms with Crippen LogP contribution in [0.4, 0.5) is 0 Å². The number of benzene rings is 2. The van der Waals surface area contributed by atoms with Gasteiger partial charge in [0, 0.05) is 42.8 Å². The molecule has 2 N–H and O–H groups in total. The van der Waals surface area contributed by atoms with Crippen molar-refractivity contribution >= 4 is 17.5 Å². The smallest absolute Gasteiger partial charge is 0.253 e. The fourth-order valence-corrected chi connectivity index (χ4v) is 3.93. The van der Waals surface area contributed by atoms with Crippen LogP contribution >= 0.6 is 11.6 Å². The molecule has 2 atom stereocenters. The van der Waals surface area contributed by atoms with E-state index in [0.717, 1.165) is 43.2 Å². The van der Waals surface area contributed by atoms with Crippen LogP contribution in [-0.4, -0.2) is 48.1 Å². The molecule has 5 nitrogen and oxygen atoms in total. The molecule has 2 aliphatic rings. The topological polar surface area (TPSA) is 47.6 Å². The van der Waals surface area contributed by atoms with E-state index in [1.165, 1.54) is 11.1 Å². The van der Waals surface area contributed by atoms with E-state index in [0.29, 0.717) is 0 Å². The van der Waals surface area contributed by atoms with Crippen molar-refractivity contribution in [3.63, 3.8) is 0 Å². The predicted octanol–water partition coefficient (Wildman–Crippen LogP) is 2.97. The Morgan fingerprint density at radius 2 is 1.63 bits per heavy atom. The molecule has 1 amide bonds. The van der Waals surface area contributed by atoms with E-state index in [9.17, 15) is 4.79 Å². The second kappa shape index (κ2) is 7.98. The molecule has 27 heavy (non-hydrogen) atoms. The maximum Gasteiger partial charge on any atom is 0.253 e. The van der Waals surface area contributed by atoms with Gasteiger partial charge >= 0.3 is 0 Å². The Kier molecular flexibility index (Phi) is 5.45. The lowest BCUT2D eigenvalue weighted by atomic mass is 10.0. The summed E-state index contributed by atoms with van der Waals surface area (Å²) in [5, 5.41) is 0.760. The highest BCUT2D eigenvalue weighted by Crippen LogP contribution is 2.25. The van der Waals surface area contributed by atoms with Gasteiger partial charge in [-0.1, -0.05) is 41.4 Å². The minimum absolute atomic E-state index is 0.131. The van der Waals surface area contributed by atoms with Crippen molar-refractivity contribution in [2.75, 3.05) is 26.2 Å². The first-order valence-electron chi connectivity index (χ1n) is 9.47. The number of nitrogens with one attached hydrogen (secondary N) is 2. The standard InChI is InChI=1S/C21H25ClN4O/c1-15-2-4-17(5-3-15)21(27)26-12-10-25(11-13-26)20-14-19(23-24-20)16-6-8-18(22)9-7-16/h2-9,19-20,23-24H,10-14H2,1H3. The number of carbonyl (C=O) groups excluding carboxylic acids is 1. The molecule has 6 heteroatoms. The first kappa shape index (κ1) is 18.4. The Hall–Kier alpha value is -1.92. The van der Waals surface area contributed by atoms with E-state index in [1.807, 2.05) is 48.2 Å². The van der Waals surface area contributed by atoms with E-state index in [-0.39, 0.29) is 18.1 Å². The number of hydrogen-bond donors (Lipinski definition) is 2. The second-order valence-electron chi connectivity index (χ2n) is 7.34. The van der Waals surface area contributed by atoms with Crippen molar-refractivity contribution in [1.29, 1.82) is 0 Å². The summed E-state index contributed by atoms with van der Waals surface area (Å²) in [4.78, 5) is 17.0. The molecule has 2 unspecified atom stereocenters. The third-order valence-corrected chi connectivity index (χ3v) is 5.75.